The molecule has 2 heterocycles. The number of hydrogen-bond acceptors (Lipinski definition) is 4. The van der Waals surface area contributed by atoms with Gasteiger partial charge < -0.3 is 5.73 Å². The third-order valence-electron chi connectivity index (χ3n) is 3.22. The van der Waals surface area contributed by atoms with Gasteiger partial charge in [0.05, 0.1) is 11.2 Å². The van der Waals surface area contributed by atoms with E-state index in [-0.39, 0.29) is 0 Å². The molecule has 2 N–H and O–H groups in total. The number of fused-ring (bicyclic) bond motifs is 1. The van der Waals surface area contributed by atoms with Crippen molar-refractivity contribution in [3.05, 3.63) is 47.9 Å². The summed E-state index contributed by atoms with van der Waals surface area (Å²) in [4.78, 5) is 12.8. The highest BCUT2D eigenvalue weighted by Crippen LogP contribution is 2.26. The number of nitrogens with zero attached hydrogens (tertiary/aromatic N) is 3. The number of hydrogen-bond donors (Lipinski definition) is 1. The van der Waals surface area contributed by atoms with Crippen LogP contribution in [0.15, 0.2) is 36.7 Å². The number of rotatable bonds is 1. The summed E-state index contributed by atoms with van der Waals surface area (Å²) in [6.07, 6.45) is 1.50. The molecule has 3 aromatic rings. The molecule has 4 heteroatoms. The number of aromatic nitrogens is 3. The fraction of sp³-hybridized carbons (Fsp3) is 0.133. The van der Waals surface area contributed by atoms with Gasteiger partial charge in [-0.3, -0.25) is 4.98 Å². The first-order valence-electron chi connectivity index (χ1n) is 6.10. The predicted octanol–water partition coefficient (Wildman–Crippen LogP) is 2.89. The number of nitrogens with two attached hydrogens (primary N) is 1. The van der Waals surface area contributed by atoms with Crippen LogP contribution in [0, 0.1) is 13.8 Å². The molecule has 4 nitrogen and oxygen atoms in total. The number of nitrogen functional groups attached to an aromatic ring is 1. The van der Waals surface area contributed by atoms with Gasteiger partial charge >= 0.3 is 0 Å². The molecule has 0 fully saturated rings. The van der Waals surface area contributed by atoms with Crippen LogP contribution in [0.3, 0.4) is 0 Å². The van der Waals surface area contributed by atoms with Gasteiger partial charge in [0.15, 0.2) is 0 Å². The zero-order valence-electron chi connectivity index (χ0n) is 10.9. The zero-order valence-corrected chi connectivity index (χ0v) is 10.9. The van der Waals surface area contributed by atoms with Crippen LogP contribution in [-0.4, -0.2) is 15.0 Å². The van der Waals surface area contributed by atoms with Crippen LogP contribution in [0.2, 0.25) is 0 Å². The molecule has 0 bridgehead atoms. The SMILES string of the molecule is Cc1ccc2cc(-c3ncnc(N)c3C)ccc2n1. The van der Waals surface area contributed by atoms with Crippen LogP contribution in [0.4, 0.5) is 5.82 Å². The maximum atomic E-state index is 5.83. The van der Waals surface area contributed by atoms with Gasteiger partial charge in [-0.25, -0.2) is 9.97 Å². The summed E-state index contributed by atoms with van der Waals surface area (Å²) >= 11 is 0. The van der Waals surface area contributed by atoms with E-state index in [1.54, 1.807) is 0 Å². The first kappa shape index (κ1) is 11.6. The molecule has 0 aliphatic carbocycles. The zero-order chi connectivity index (χ0) is 13.4. The second kappa shape index (κ2) is 4.31. The van der Waals surface area contributed by atoms with Gasteiger partial charge in [-0.15, -0.1) is 0 Å². The Morgan fingerprint density at radius 1 is 1.00 bits per heavy atom. The predicted molar refractivity (Wildman–Crippen MR) is 76.7 cm³/mol. The van der Waals surface area contributed by atoms with Crippen LogP contribution >= 0.6 is 0 Å². The molecule has 0 aliphatic heterocycles. The van der Waals surface area contributed by atoms with Crippen molar-refractivity contribution >= 4 is 16.7 Å². The molecule has 0 radical (unpaired) electrons. The third kappa shape index (κ3) is 2.01. The quantitative estimate of drug-likeness (QED) is 0.721. The molecule has 94 valence electrons. The number of pyridine rings is 1. The Kier molecular flexibility index (Phi) is 2.63. The van der Waals surface area contributed by atoms with Gasteiger partial charge in [-0.05, 0) is 32.0 Å². The number of aryl methyl sites for hydroxylation is 1. The Morgan fingerprint density at radius 3 is 2.68 bits per heavy atom. The summed E-state index contributed by atoms with van der Waals surface area (Å²) in [6, 6.07) is 10.2. The Bertz CT molecular complexity index is 765. The molecule has 0 amide bonds. The lowest BCUT2D eigenvalue weighted by Crippen LogP contribution is -1.98. The van der Waals surface area contributed by atoms with E-state index in [4.69, 9.17) is 5.73 Å². The number of anilines is 1. The van der Waals surface area contributed by atoms with Crippen LogP contribution in [-0.2, 0) is 0 Å². The van der Waals surface area contributed by atoms with Crippen molar-refractivity contribution in [1.29, 1.82) is 0 Å². The second-order valence-corrected chi connectivity index (χ2v) is 4.59. The molecular weight excluding hydrogens is 236 g/mol. The summed E-state index contributed by atoms with van der Waals surface area (Å²) in [5.41, 5.74) is 10.6. The molecule has 3 rings (SSSR count). The topological polar surface area (TPSA) is 64.7 Å². The minimum atomic E-state index is 0.520. The molecule has 0 aliphatic rings. The molecule has 0 saturated carbocycles. The standard InChI is InChI=1S/C15H14N4/c1-9-3-4-11-7-12(5-6-13(11)19-9)14-10(2)15(16)18-8-17-14/h3-8H,1-2H3,(H2,16,17,18). The molecule has 0 spiro atoms. The van der Waals surface area contributed by atoms with E-state index in [9.17, 15) is 0 Å². The molecule has 2 aromatic heterocycles. The lowest BCUT2D eigenvalue weighted by atomic mass is 10.0. The van der Waals surface area contributed by atoms with Gasteiger partial charge in [0.25, 0.3) is 0 Å². The van der Waals surface area contributed by atoms with Crippen molar-refractivity contribution in [1.82, 2.24) is 15.0 Å². The maximum absolute atomic E-state index is 5.83. The fourth-order valence-corrected chi connectivity index (χ4v) is 2.13. The molecule has 1 aromatic carbocycles. The summed E-state index contributed by atoms with van der Waals surface area (Å²) in [6.45, 7) is 3.92. The van der Waals surface area contributed by atoms with Gasteiger partial charge in [0.1, 0.15) is 12.1 Å². The van der Waals surface area contributed by atoms with Crippen molar-refractivity contribution in [2.45, 2.75) is 13.8 Å². The largest absolute Gasteiger partial charge is 0.383 e. The molecule has 0 unspecified atom stereocenters. The van der Waals surface area contributed by atoms with Crippen LogP contribution in [0.5, 0.6) is 0 Å². The maximum Gasteiger partial charge on any atom is 0.130 e. The first-order valence-corrected chi connectivity index (χ1v) is 6.10. The Morgan fingerprint density at radius 2 is 1.84 bits per heavy atom. The molecule has 19 heavy (non-hydrogen) atoms. The molecule has 0 atom stereocenters. The lowest BCUT2D eigenvalue weighted by molar-refractivity contribution is 1.14. The van der Waals surface area contributed by atoms with E-state index in [1.165, 1.54) is 6.33 Å². The Labute approximate surface area is 111 Å². The van der Waals surface area contributed by atoms with Crippen LogP contribution in [0.1, 0.15) is 11.3 Å². The summed E-state index contributed by atoms with van der Waals surface area (Å²) < 4.78 is 0. The average molecular weight is 250 g/mol. The van der Waals surface area contributed by atoms with Crippen molar-refractivity contribution in [2.75, 3.05) is 5.73 Å². The van der Waals surface area contributed by atoms with Crippen molar-refractivity contribution < 1.29 is 0 Å². The summed E-state index contributed by atoms with van der Waals surface area (Å²) in [5, 5.41) is 1.10. The highest BCUT2D eigenvalue weighted by molar-refractivity contribution is 5.84. The Balaban J connectivity index is 2.20. The lowest BCUT2D eigenvalue weighted by Gasteiger charge is -2.07. The highest BCUT2D eigenvalue weighted by atomic mass is 14.9. The van der Waals surface area contributed by atoms with E-state index < -0.39 is 0 Å². The van der Waals surface area contributed by atoms with E-state index in [0.29, 0.717) is 5.82 Å². The van der Waals surface area contributed by atoms with E-state index >= 15 is 0 Å². The van der Waals surface area contributed by atoms with Crippen LogP contribution < -0.4 is 5.73 Å². The minimum Gasteiger partial charge on any atom is -0.383 e. The molecular formula is C15H14N4. The van der Waals surface area contributed by atoms with Crippen molar-refractivity contribution in [2.24, 2.45) is 0 Å². The minimum absolute atomic E-state index is 0.520. The average Bonchev–Trinajstić information content (AvgIpc) is 2.41. The third-order valence-corrected chi connectivity index (χ3v) is 3.22. The van der Waals surface area contributed by atoms with Crippen molar-refractivity contribution in [3.8, 4) is 11.3 Å². The van der Waals surface area contributed by atoms with Gasteiger partial charge in [-0.2, -0.15) is 0 Å². The van der Waals surface area contributed by atoms with E-state index in [2.05, 4.69) is 27.1 Å². The van der Waals surface area contributed by atoms with Gasteiger partial charge in [0.2, 0.25) is 0 Å². The van der Waals surface area contributed by atoms with E-state index in [0.717, 1.165) is 33.4 Å². The van der Waals surface area contributed by atoms with E-state index in [1.807, 2.05) is 32.0 Å². The number of benzene rings is 1. The summed E-state index contributed by atoms with van der Waals surface area (Å²) in [7, 11) is 0. The van der Waals surface area contributed by atoms with Crippen molar-refractivity contribution in [3.63, 3.8) is 0 Å². The van der Waals surface area contributed by atoms with Gasteiger partial charge in [-0.1, -0.05) is 12.1 Å². The first-order chi connectivity index (χ1) is 9.15. The summed E-state index contributed by atoms with van der Waals surface area (Å²) in [5.74, 6) is 0.520. The van der Waals surface area contributed by atoms with Gasteiger partial charge in [0, 0.05) is 22.2 Å². The smallest absolute Gasteiger partial charge is 0.130 e. The normalized spacial score (nSPS) is 10.8. The highest BCUT2D eigenvalue weighted by Gasteiger charge is 2.07. The fourth-order valence-electron chi connectivity index (χ4n) is 2.13. The second-order valence-electron chi connectivity index (χ2n) is 4.59. The molecule has 0 saturated heterocycles. The Hall–Kier alpha value is -2.49. The monoisotopic (exact) mass is 250 g/mol. The van der Waals surface area contributed by atoms with Crippen LogP contribution in [0.25, 0.3) is 22.2 Å².